The Balaban J connectivity index is 0.990. The van der Waals surface area contributed by atoms with Crippen molar-refractivity contribution in [2.75, 3.05) is 45.2 Å². The Labute approximate surface area is 338 Å². The average Bonchev–Trinajstić information content (AvgIpc) is 3.90. The van der Waals surface area contributed by atoms with Gasteiger partial charge in [0.2, 0.25) is 17.7 Å². The lowest BCUT2D eigenvalue weighted by Gasteiger charge is -2.42. The molecule has 1 atom stereocenters. The van der Waals surface area contributed by atoms with Crippen LogP contribution in [0.2, 0.25) is 5.02 Å². The SMILES string of the molecule is CN(C)C(=O)c1cc2c(-c3ccc(C4CN(c5ccc(C(=O)NC6CCC(=O)NC6=O)cc5Cl)C4)cc3)cc(C3=CCCN(C(=O)CCn4cccn4)C3)c(F)c2[nH]1. The van der Waals surface area contributed by atoms with E-state index >= 15 is 4.39 Å². The van der Waals surface area contributed by atoms with Gasteiger partial charge in [-0.15, -0.1) is 0 Å². The number of hydrogen-bond acceptors (Lipinski definition) is 7. The first kappa shape index (κ1) is 38.6. The number of carbonyl (C=O) groups excluding carboxylic acids is 5. The number of piperidine rings is 1. The Hall–Kier alpha value is -6.28. The van der Waals surface area contributed by atoms with Gasteiger partial charge in [-0.2, -0.15) is 5.10 Å². The second-order valence-electron chi connectivity index (χ2n) is 15.2. The molecule has 0 aliphatic carbocycles. The van der Waals surface area contributed by atoms with Crippen molar-refractivity contribution in [2.45, 2.75) is 44.2 Å². The number of aromatic nitrogens is 3. The fourth-order valence-corrected chi connectivity index (χ4v) is 8.14. The maximum absolute atomic E-state index is 16.5. The van der Waals surface area contributed by atoms with Crippen LogP contribution in [-0.4, -0.2) is 100 Å². The van der Waals surface area contributed by atoms with Crippen molar-refractivity contribution in [3.8, 4) is 11.1 Å². The fourth-order valence-electron chi connectivity index (χ4n) is 7.84. The van der Waals surface area contributed by atoms with Gasteiger partial charge in [-0.3, -0.25) is 34.0 Å². The Bertz CT molecular complexity index is 2470. The van der Waals surface area contributed by atoms with Gasteiger partial charge < -0.3 is 25.0 Å². The smallest absolute Gasteiger partial charge is 0.269 e. The van der Waals surface area contributed by atoms with Crippen LogP contribution in [0.25, 0.3) is 27.6 Å². The van der Waals surface area contributed by atoms with Gasteiger partial charge in [0, 0.05) is 94.5 Å². The lowest BCUT2D eigenvalue weighted by Crippen LogP contribution is -2.52. The number of benzene rings is 3. The molecule has 5 aromatic rings. The van der Waals surface area contributed by atoms with E-state index in [1.54, 1.807) is 54.1 Å². The van der Waals surface area contributed by atoms with E-state index in [2.05, 4.69) is 37.7 Å². The Morgan fingerprint density at radius 1 is 1.03 bits per heavy atom. The third-order valence-electron chi connectivity index (χ3n) is 11.1. The molecule has 58 heavy (non-hydrogen) atoms. The highest BCUT2D eigenvalue weighted by molar-refractivity contribution is 6.33. The maximum atomic E-state index is 16.5. The number of hydrogen-bond donors (Lipinski definition) is 3. The molecular weight excluding hydrogens is 763 g/mol. The van der Waals surface area contributed by atoms with E-state index < -0.39 is 23.7 Å². The van der Waals surface area contributed by atoms with E-state index in [1.807, 2.05) is 36.5 Å². The minimum atomic E-state index is -0.781. The molecule has 0 bridgehead atoms. The number of fused-ring (bicyclic) bond motifs is 1. The summed E-state index contributed by atoms with van der Waals surface area (Å²) in [5, 5.41) is 10.1. The van der Waals surface area contributed by atoms with Crippen LogP contribution in [0.4, 0.5) is 10.1 Å². The summed E-state index contributed by atoms with van der Waals surface area (Å²) in [5.74, 6) is -1.88. The fraction of sp³-hybridized carbons (Fsp3) is 0.302. The largest absolute Gasteiger partial charge is 0.369 e. The van der Waals surface area contributed by atoms with Crippen LogP contribution >= 0.6 is 11.6 Å². The Morgan fingerprint density at radius 2 is 1.83 bits per heavy atom. The third-order valence-corrected chi connectivity index (χ3v) is 11.4. The van der Waals surface area contributed by atoms with Crippen LogP contribution < -0.4 is 15.5 Å². The molecule has 15 heteroatoms. The quantitative estimate of drug-likeness (QED) is 0.161. The van der Waals surface area contributed by atoms with E-state index in [1.165, 1.54) is 4.90 Å². The molecule has 5 amide bonds. The van der Waals surface area contributed by atoms with E-state index in [0.29, 0.717) is 59.7 Å². The van der Waals surface area contributed by atoms with Crippen molar-refractivity contribution in [3.63, 3.8) is 0 Å². The molecule has 0 spiro atoms. The van der Waals surface area contributed by atoms with Gasteiger partial charge in [0.05, 0.1) is 16.2 Å². The zero-order chi connectivity index (χ0) is 40.7. The summed E-state index contributed by atoms with van der Waals surface area (Å²) in [6, 6.07) is 17.8. The predicted octanol–water partition coefficient (Wildman–Crippen LogP) is 5.37. The lowest BCUT2D eigenvalue weighted by atomic mass is 9.88. The van der Waals surface area contributed by atoms with Gasteiger partial charge in [0.25, 0.3) is 11.8 Å². The first-order valence-corrected chi connectivity index (χ1v) is 19.6. The second kappa shape index (κ2) is 15.9. The maximum Gasteiger partial charge on any atom is 0.269 e. The molecule has 3 aliphatic heterocycles. The average molecular weight is 805 g/mol. The molecule has 5 heterocycles. The van der Waals surface area contributed by atoms with Gasteiger partial charge >= 0.3 is 0 Å². The molecule has 3 N–H and O–H groups in total. The molecule has 1 unspecified atom stereocenters. The summed E-state index contributed by atoms with van der Waals surface area (Å²) in [4.78, 5) is 71.1. The van der Waals surface area contributed by atoms with Gasteiger partial charge in [-0.25, -0.2) is 4.39 Å². The van der Waals surface area contributed by atoms with Gasteiger partial charge in [-0.1, -0.05) is 41.9 Å². The van der Waals surface area contributed by atoms with E-state index in [-0.39, 0.29) is 60.7 Å². The first-order chi connectivity index (χ1) is 27.9. The molecule has 298 valence electrons. The van der Waals surface area contributed by atoms with E-state index in [4.69, 9.17) is 11.6 Å². The molecule has 8 rings (SSSR count). The van der Waals surface area contributed by atoms with Crippen LogP contribution in [0.15, 0.2) is 79.1 Å². The van der Waals surface area contributed by atoms with Crippen molar-refractivity contribution < 1.29 is 28.4 Å². The number of aryl methyl sites for hydroxylation is 1. The molecule has 2 fully saturated rings. The molecule has 0 saturated carbocycles. The van der Waals surface area contributed by atoms with Crippen molar-refractivity contribution in [3.05, 3.63) is 112 Å². The zero-order valence-corrected chi connectivity index (χ0v) is 32.8. The first-order valence-electron chi connectivity index (χ1n) is 19.2. The number of anilines is 1. The Kier molecular flexibility index (Phi) is 10.6. The number of imide groups is 1. The number of nitrogens with one attached hydrogen (secondary N) is 3. The molecule has 0 radical (unpaired) electrons. The molecule has 3 aliphatic rings. The minimum Gasteiger partial charge on any atom is -0.369 e. The van der Waals surface area contributed by atoms with Crippen molar-refractivity contribution in [2.24, 2.45) is 0 Å². The molecule has 13 nitrogen and oxygen atoms in total. The standard InChI is InChI=1S/C43H42ClFN8O5/c1-50(2)43(58)35-21-32-30(20-31(39(45)40(32)47-35)28-5-3-16-51(22-28)38(55)14-18-53-17-4-15-46-53)26-8-6-25(7-9-26)29-23-52(24-29)36-12-10-27(19-33(36)44)41(56)48-34-11-13-37(54)49-42(34)57/h4-10,12,15,17,19-21,29,34,47H,3,11,13-14,16,18,22-24H2,1-2H3,(H,48,56)(H,49,54,57). The monoisotopic (exact) mass is 804 g/mol. The number of rotatable bonds is 10. The number of amides is 5. The summed E-state index contributed by atoms with van der Waals surface area (Å²) in [6.45, 7) is 2.67. The second-order valence-corrected chi connectivity index (χ2v) is 15.6. The number of H-pyrrole nitrogens is 1. The Morgan fingerprint density at radius 3 is 2.53 bits per heavy atom. The van der Waals surface area contributed by atoms with Crippen molar-refractivity contribution in [1.82, 2.24) is 35.2 Å². The van der Waals surface area contributed by atoms with Crippen LogP contribution in [0.1, 0.15) is 63.6 Å². The minimum absolute atomic E-state index is 0.0274. The molecule has 2 aromatic heterocycles. The number of carbonyl (C=O) groups is 5. The summed E-state index contributed by atoms with van der Waals surface area (Å²) in [5.41, 5.74) is 5.44. The highest BCUT2D eigenvalue weighted by atomic mass is 35.5. The van der Waals surface area contributed by atoms with Gasteiger partial charge in [0.1, 0.15) is 11.7 Å². The molecular formula is C43H42ClFN8O5. The van der Waals surface area contributed by atoms with E-state index in [0.717, 1.165) is 22.4 Å². The van der Waals surface area contributed by atoms with Gasteiger partial charge in [-0.05, 0) is 71.5 Å². The van der Waals surface area contributed by atoms with Crippen LogP contribution in [-0.2, 0) is 20.9 Å². The van der Waals surface area contributed by atoms with Gasteiger partial charge in [0.15, 0.2) is 5.82 Å². The van der Waals surface area contributed by atoms with E-state index in [9.17, 15) is 24.0 Å². The summed E-state index contributed by atoms with van der Waals surface area (Å²) < 4.78 is 18.2. The topological polar surface area (TPSA) is 153 Å². The number of aromatic amines is 1. The van der Waals surface area contributed by atoms with Crippen molar-refractivity contribution >= 4 is 63.3 Å². The van der Waals surface area contributed by atoms with Crippen molar-refractivity contribution in [1.29, 1.82) is 0 Å². The normalized spacial score (nSPS) is 17.2. The highest BCUT2D eigenvalue weighted by Crippen LogP contribution is 2.40. The number of halogens is 2. The lowest BCUT2D eigenvalue weighted by molar-refractivity contribution is -0.134. The molecule has 2 saturated heterocycles. The van der Waals surface area contributed by atoms with Crippen LogP contribution in [0.3, 0.4) is 0 Å². The molecule has 3 aromatic carbocycles. The highest BCUT2D eigenvalue weighted by Gasteiger charge is 2.32. The third kappa shape index (κ3) is 7.71. The summed E-state index contributed by atoms with van der Waals surface area (Å²) in [7, 11) is 3.30. The zero-order valence-electron chi connectivity index (χ0n) is 32.1. The summed E-state index contributed by atoms with van der Waals surface area (Å²) in [6.07, 6.45) is 6.76. The van der Waals surface area contributed by atoms with Crippen LogP contribution in [0.5, 0.6) is 0 Å². The van der Waals surface area contributed by atoms with Crippen LogP contribution in [0, 0.1) is 5.82 Å². The summed E-state index contributed by atoms with van der Waals surface area (Å²) >= 11 is 6.65. The predicted molar refractivity (Wildman–Crippen MR) is 218 cm³/mol. The number of nitrogens with zero attached hydrogens (tertiary/aromatic N) is 5.